The van der Waals surface area contributed by atoms with Gasteiger partial charge in [0, 0.05) is 18.0 Å². The van der Waals surface area contributed by atoms with Gasteiger partial charge in [-0.3, -0.25) is 14.2 Å². The van der Waals surface area contributed by atoms with Crippen molar-refractivity contribution < 1.29 is 18.3 Å². The maximum absolute atomic E-state index is 13.9. The third-order valence-corrected chi connectivity index (χ3v) is 4.97. The third kappa shape index (κ3) is 4.53. The van der Waals surface area contributed by atoms with Gasteiger partial charge in [0.1, 0.15) is 12.5 Å². The van der Waals surface area contributed by atoms with Crippen LogP contribution in [-0.2, 0) is 9.53 Å². The fraction of sp³-hybridized carbons (Fsp3) is 0.500. The first-order valence-corrected chi connectivity index (χ1v) is 9.35. The predicted octanol–water partition coefficient (Wildman–Crippen LogP) is 4.29. The summed E-state index contributed by atoms with van der Waals surface area (Å²) in [5.74, 6) is -1.50. The van der Waals surface area contributed by atoms with Crippen LogP contribution in [0.2, 0.25) is 0 Å². The van der Waals surface area contributed by atoms with Gasteiger partial charge in [0.05, 0.1) is 35.1 Å². The highest BCUT2D eigenvalue weighted by Gasteiger charge is 2.23. The lowest BCUT2D eigenvalue weighted by molar-refractivity contribution is -0.120. The Morgan fingerprint density at radius 3 is 2.96 bits per heavy atom. The van der Waals surface area contributed by atoms with E-state index in [4.69, 9.17) is 4.74 Å². The van der Waals surface area contributed by atoms with Crippen molar-refractivity contribution in [2.24, 2.45) is 5.92 Å². The maximum atomic E-state index is 13.9. The number of nitrogens with one attached hydrogen (secondary N) is 2. The van der Waals surface area contributed by atoms with E-state index in [1.807, 2.05) is 6.92 Å². The van der Waals surface area contributed by atoms with Crippen LogP contribution in [0.25, 0.3) is 10.9 Å². The number of carbonyl (C=O) groups is 1. The Hall–Kier alpha value is -2.28. The van der Waals surface area contributed by atoms with Gasteiger partial charge in [-0.25, -0.2) is 4.39 Å². The van der Waals surface area contributed by atoms with Gasteiger partial charge in [0.25, 0.3) is 0 Å². The number of ether oxygens (including phenoxy) is 1. The van der Waals surface area contributed by atoms with Crippen LogP contribution in [0.4, 0.5) is 20.2 Å². The molecular weight excluding hydrogens is 352 g/mol. The summed E-state index contributed by atoms with van der Waals surface area (Å²) in [6.45, 7) is 3.68. The molecule has 146 valence electrons. The molecular formula is C20H25F2N3O2. The number of pyridine rings is 1. The molecule has 1 fully saturated rings. The molecule has 3 atom stereocenters. The van der Waals surface area contributed by atoms with Gasteiger partial charge >= 0.3 is 0 Å². The van der Waals surface area contributed by atoms with Gasteiger partial charge < -0.3 is 15.4 Å². The van der Waals surface area contributed by atoms with Gasteiger partial charge in [-0.15, -0.1) is 0 Å². The summed E-state index contributed by atoms with van der Waals surface area (Å²) in [4.78, 5) is 16.7. The third-order valence-electron chi connectivity index (χ3n) is 4.97. The van der Waals surface area contributed by atoms with Gasteiger partial charge in [-0.1, -0.05) is 6.92 Å². The normalized spacial score (nSPS) is 21.0. The van der Waals surface area contributed by atoms with Gasteiger partial charge in [0.2, 0.25) is 5.91 Å². The zero-order valence-electron chi connectivity index (χ0n) is 15.6. The summed E-state index contributed by atoms with van der Waals surface area (Å²) in [7, 11) is 0. The zero-order chi connectivity index (χ0) is 19.4. The fourth-order valence-electron chi connectivity index (χ4n) is 3.35. The molecule has 5 nitrogen and oxygen atoms in total. The number of hydrogen-bond acceptors (Lipinski definition) is 4. The molecule has 3 unspecified atom stereocenters. The first-order chi connectivity index (χ1) is 13.0. The molecule has 1 amide bonds. The topological polar surface area (TPSA) is 63.2 Å². The molecule has 3 rings (SSSR count). The highest BCUT2D eigenvalue weighted by molar-refractivity contribution is 6.03. The van der Waals surface area contributed by atoms with Crippen molar-refractivity contribution in [1.29, 1.82) is 0 Å². The van der Waals surface area contributed by atoms with Crippen LogP contribution in [0.1, 0.15) is 33.1 Å². The van der Waals surface area contributed by atoms with E-state index in [2.05, 4.69) is 15.6 Å². The maximum Gasteiger partial charge on any atom is 0.230 e. The zero-order valence-corrected chi connectivity index (χ0v) is 15.6. The molecule has 2 aromatic rings. The van der Waals surface area contributed by atoms with E-state index in [1.165, 1.54) is 18.3 Å². The van der Waals surface area contributed by atoms with Gasteiger partial charge in [-0.2, -0.15) is 0 Å². The molecule has 0 bridgehead atoms. The van der Waals surface area contributed by atoms with E-state index >= 15 is 0 Å². The monoisotopic (exact) mass is 377 g/mol. The number of rotatable bonds is 6. The summed E-state index contributed by atoms with van der Waals surface area (Å²) in [6.07, 6.45) is 3.66. The lowest BCUT2D eigenvalue weighted by Crippen LogP contribution is -2.33. The molecule has 1 saturated heterocycles. The van der Waals surface area contributed by atoms with E-state index in [9.17, 15) is 13.6 Å². The number of carbonyl (C=O) groups excluding carboxylic acids is 1. The lowest BCUT2D eigenvalue weighted by Gasteiger charge is -2.30. The van der Waals surface area contributed by atoms with Crippen LogP contribution in [0, 0.1) is 11.7 Å². The minimum Gasteiger partial charge on any atom is -0.380 e. The first-order valence-electron chi connectivity index (χ1n) is 9.35. The highest BCUT2D eigenvalue weighted by Crippen LogP contribution is 2.33. The highest BCUT2D eigenvalue weighted by atomic mass is 19.1. The minimum atomic E-state index is -0.724. The predicted molar refractivity (Wildman–Crippen MR) is 102 cm³/mol. The summed E-state index contributed by atoms with van der Waals surface area (Å²) < 4.78 is 32.5. The van der Waals surface area contributed by atoms with Crippen molar-refractivity contribution in [3.8, 4) is 0 Å². The molecule has 1 aliphatic heterocycles. The first kappa shape index (κ1) is 19.5. The van der Waals surface area contributed by atoms with Gasteiger partial charge in [0.15, 0.2) is 0 Å². The summed E-state index contributed by atoms with van der Waals surface area (Å²) in [5, 5.41) is 6.79. The second-order valence-electron chi connectivity index (χ2n) is 7.00. The Labute approximate surface area is 157 Å². The molecule has 7 heteroatoms. The molecule has 0 spiro atoms. The smallest absolute Gasteiger partial charge is 0.230 e. The van der Waals surface area contributed by atoms with Crippen molar-refractivity contribution >= 4 is 28.2 Å². The Kier molecular flexibility index (Phi) is 6.21. The number of alkyl halides is 1. The second-order valence-corrected chi connectivity index (χ2v) is 7.00. The van der Waals surface area contributed by atoms with Crippen LogP contribution < -0.4 is 10.6 Å². The summed E-state index contributed by atoms with van der Waals surface area (Å²) in [6, 6.07) is 4.48. The molecule has 27 heavy (non-hydrogen) atoms. The van der Waals surface area contributed by atoms with Gasteiger partial charge in [-0.05, 0) is 44.4 Å². The SMILES string of the molecule is CCC(CF)C(=O)Nc1cnc2ccc(F)cc2c1NC1CCOC(C)C1. The van der Waals surface area contributed by atoms with Crippen LogP contribution in [0.3, 0.4) is 0 Å². The molecule has 0 saturated carbocycles. The fourth-order valence-corrected chi connectivity index (χ4v) is 3.35. The van der Waals surface area contributed by atoms with Crippen LogP contribution in [0.5, 0.6) is 0 Å². The van der Waals surface area contributed by atoms with E-state index in [-0.39, 0.29) is 18.0 Å². The molecule has 0 aliphatic carbocycles. The van der Waals surface area contributed by atoms with Crippen molar-refractivity contribution in [1.82, 2.24) is 4.98 Å². The van der Waals surface area contributed by atoms with Crippen molar-refractivity contribution in [3.63, 3.8) is 0 Å². The quantitative estimate of drug-likeness (QED) is 0.788. The van der Waals surface area contributed by atoms with Crippen molar-refractivity contribution in [3.05, 3.63) is 30.2 Å². The molecule has 2 heterocycles. The van der Waals surface area contributed by atoms with E-state index in [0.29, 0.717) is 35.3 Å². The molecule has 0 radical (unpaired) electrons. The second kappa shape index (κ2) is 8.61. The van der Waals surface area contributed by atoms with Crippen molar-refractivity contribution in [2.75, 3.05) is 23.9 Å². The molecule has 1 aliphatic rings. The standard InChI is InChI=1S/C20H25F2N3O2/c1-3-13(10-21)20(26)25-18-11-23-17-5-4-14(22)9-16(17)19(18)24-15-6-7-27-12(2)8-15/h4-5,9,11-13,15H,3,6-8,10H2,1-2H3,(H,23,24)(H,25,26). The minimum absolute atomic E-state index is 0.120. The van der Waals surface area contributed by atoms with Crippen molar-refractivity contribution in [2.45, 2.75) is 45.3 Å². The Bertz CT molecular complexity index is 811. The summed E-state index contributed by atoms with van der Waals surface area (Å²) in [5.41, 5.74) is 1.67. The average molecular weight is 377 g/mol. The number of amides is 1. The number of anilines is 2. The number of benzene rings is 1. The Balaban J connectivity index is 1.97. The van der Waals surface area contributed by atoms with E-state index in [0.717, 1.165) is 12.8 Å². The van der Waals surface area contributed by atoms with E-state index < -0.39 is 18.5 Å². The van der Waals surface area contributed by atoms with Crippen LogP contribution in [0.15, 0.2) is 24.4 Å². The summed E-state index contributed by atoms with van der Waals surface area (Å²) >= 11 is 0. The van der Waals surface area contributed by atoms with E-state index in [1.54, 1.807) is 13.0 Å². The van der Waals surface area contributed by atoms with Crippen LogP contribution >= 0.6 is 0 Å². The van der Waals surface area contributed by atoms with Crippen LogP contribution in [-0.4, -0.2) is 36.3 Å². The molecule has 1 aromatic carbocycles. The number of nitrogens with zero attached hydrogens (tertiary/aromatic N) is 1. The Morgan fingerprint density at radius 1 is 1.44 bits per heavy atom. The molecule has 1 aromatic heterocycles. The number of hydrogen-bond donors (Lipinski definition) is 2. The molecule has 2 N–H and O–H groups in total. The lowest BCUT2D eigenvalue weighted by atomic mass is 10.0. The number of aromatic nitrogens is 1. The Morgan fingerprint density at radius 2 is 2.26 bits per heavy atom. The average Bonchev–Trinajstić information content (AvgIpc) is 2.65. The largest absolute Gasteiger partial charge is 0.380 e. The number of fused-ring (bicyclic) bond motifs is 1. The number of halogens is 2.